The Morgan fingerprint density at radius 3 is 2.73 bits per heavy atom. The Morgan fingerprint density at radius 1 is 1.40 bits per heavy atom. The number of aromatic hydroxyl groups is 1. The van der Waals surface area contributed by atoms with Crippen LogP contribution < -0.4 is 10.6 Å². The smallest absolute Gasteiger partial charge is 0.289 e. The van der Waals surface area contributed by atoms with Crippen LogP contribution in [0.2, 0.25) is 5.02 Å². The molecule has 30 heavy (non-hydrogen) atoms. The minimum absolute atomic E-state index is 0.0149. The van der Waals surface area contributed by atoms with Gasteiger partial charge in [-0.05, 0) is 23.1 Å². The van der Waals surface area contributed by atoms with Crippen LogP contribution in [-0.4, -0.2) is 45.9 Å². The quantitative estimate of drug-likeness (QED) is 0.478. The van der Waals surface area contributed by atoms with Crippen molar-refractivity contribution >= 4 is 29.1 Å². The van der Waals surface area contributed by atoms with Crippen LogP contribution in [0.25, 0.3) is 0 Å². The maximum atomic E-state index is 12.3. The highest BCUT2D eigenvalue weighted by atomic mass is 35.5. The van der Waals surface area contributed by atoms with Crippen LogP contribution in [0, 0.1) is 0 Å². The van der Waals surface area contributed by atoms with E-state index in [1.54, 1.807) is 11.0 Å². The first-order chi connectivity index (χ1) is 14.1. The molecule has 2 heterocycles. The molecule has 1 aromatic heterocycles. The Morgan fingerprint density at radius 2 is 2.10 bits per heavy atom. The maximum Gasteiger partial charge on any atom is 0.289 e. The van der Waals surface area contributed by atoms with Gasteiger partial charge in [0.2, 0.25) is 17.6 Å². The van der Waals surface area contributed by atoms with Crippen LogP contribution >= 0.6 is 11.6 Å². The van der Waals surface area contributed by atoms with E-state index >= 15 is 0 Å². The largest absolute Gasteiger partial charge is 0.506 e. The molecule has 0 saturated carbocycles. The molecule has 0 aliphatic carbocycles. The van der Waals surface area contributed by atoms with Crippen molar-refractivity contribution < 1.29 is 19.1 Å². The van der Waals surface area contributed by atoms with Gasteiger partial charge in [0.25, 0.3) is 5.91 Å². The molecule has 1 aliphatic heterocycles. The summed E-state index contributed by atoms with van der Waals surface area (Å²) >= 11 is 6.24. The standard InChI is InChI=1S/C21H25ClN4O4/c1-5-19(28)26-10-12(11-26)25-20(29)17-8-24-18(30-17)9-23-15-6-13(21(2,3)4)14(22)7-16(15)27/h5-8,12,23,27H,1,9-11H2,2-4H3,(H,25,29). The van der Waals surface area contributed by atoms with Gasteiger partial charge in [-0.2, -0.15) is 0 Å². The molecule has 8 nitrogen and oxygen atoms in total. The number of amides is 2. The van der Waals surface area contributed by atoms with E-state index in [1.165, 1.54) is 18.3 Å². The van der Waals surface area contributed by atoms with Crippen molar-refractivity contribution in [3.63, 3.8) is 0 Å². The molecule has 1 fully saturated rings. The van der Waals surface area contributed by atoms with Crippen molar-refractivity contribution in [3.05, 3.63) is 53.2 Å². The van der Waals surface area contributed by atoms with Gasteiger partial charge in [-0.1, -0.05) is 39.0 Å². The van der Waals surface area contributed by atoms with Gasteiger partial charge in [0.15, 0.2) is 0 Å². The molecule has 0 unspecified atom stereocenters. The molecule has 1 aromatic carbocycles. The Kier molecular flexibility index (Phi) is 6.07. The fourth-order valence-electron chi connectivity index (χ4n) is 3.08. The zero-order valence-electron chi connectivity index (χ0n) is 17.2. The third kappa shape index (κ3) is 4.76. The summed E-state index contributed by atoms with van der Waals surface area (Å²) in [6.07, 6.45) is 2.59. The molecule has 1 saturated heterocycles. The van der Waals surface area contributed by atoms with Crippen LogP contribution in [0.5, 0.6) is 5.75 Å². The van der Waals surface area contributed by atoms with E-state index in [-0.39, 0.29) is 35.4 Å². The van der Waals surface area contributed by atoms with E-state index in [2.05, 4.69) is 22.2 Å². The highest BCUT2D eigenvalue weighted by Gasteiger charge is 2.31. The van der Waals surface area contributed by atoms with Crippen molar-refractivity contribution in [2.24, 2.45) is 0 Å². The van der Waals surface area contributed by atoms with Crippen LogP contribution in [0.3, 0.4) is 0 Å². The molecule has 2 amide bonds. The first-order valence-electron chi connectivity index (χ1n) is 9.52. The molecule has 3 N–H and O–H groups in total. The van der Waals surface area contributed by atoms with Crippen LogP contribution in [0.15, 0.2) is 35.4 Å². The zero-order valence-corrected chi connectivity index (χ0v) is 17.9. The van der Waals surface area contributed by atoms with Gasteiger partial charge < -0.3 is 25.1 Å². The third-order valence-electron chi connectivity index (χ3n) is 4.80. The molecule has 3 rings (SSSR count). The van der Waals surface area contributed by atoms with Crippen LogP contribution in [0.4, 0.5) is 5.69 Å². The Labute approximate surface area is 179 Å². The topological polar surface area (TPSA) is 108 Å². The number of hydrogen-bond acceptors (Lipinski definition) is 6. The lowest BCUT2D eigenvalue weighted by Gasteiger charge is -2.38. The first kappa shape index (κ1) is 21.7. The summed E-state index contributed by atoms with van der Waals surface area (Å²) in [5, 5.41) is 16.5. The third-order valence-corrected chi connectivity index (χ3v) is 5.12. The maximum absolute atomic E-state index is 12.3. The van der Waals surface area contributed by atoms with Gasteiger partial charge in [-0.25, -0.2) is 4.98 Å². The predicted molar refractivity (Wildman–Crippen MR) is 114 cm³/mol. The van der Waals surface area contributed by atoms with Gasteiger partial charge in [0.1, 0.15) is 5.75 Å². The molecule has 2 aromatic rings. The minimum Gasteiger partial charge on any atom is -0.506 e. The van der Waals surface area contributed by atoms with Gasteiger partial charge >= 0.3 is 0 Å². The Hall–Kier alpha value is -3.00. The molecule has 0 atom stereocenters. The molecule has 1 aliphatic rings. The lowest BCUT2D eigenvalue weighted by atomic mass is 9.86. The number of anilines is 1. The summed E-state index contributed by atoms with van der Waals surface area (Å²) in [6, 6.07) is 3.16. The van der Waals surface area contributed by atoms with Gasteiger partial charge in [-0.3, -0.25) is 9.59 Å². The minimum atomic E-state index is -0.395. The number of nitrogens with zero attached hydrogens (tertiary/aromatic N) is 2. The average molecular weight is 433 g/mol. The summed E-state index contributed by atoms with van der Waals surface area (Å²) in [7, 11) is 0. The fraction of sp³-hybridized carbons (Fsp3) is 0.381. The van der Waals surface area contributed by atoms with Crippen molar-refractivity contribution in [1.82, 2.24) is 15.2 Å². The molecule has 9 heteroatoms. The monoisotopic (exact) mass is 432 g/mol. The molecule has 0 bridgehead atoms. The number of likely N-dealkylation sites (tertiary alicyclic amines) is 1. The second-order valence-corrected chi connectivity index (χ2v) is 8.60. The molecule has 0 radical (unpaired) electrons. The number of phenols is 1. The van der Waals surface area contributed by atoms with E-state index in [4.69, 9.17) is 16.0 Å². The Bertz CT molecular complexity index is 974. The van der Waals surface area contributed by atoms with Crippen molar-refractivity contribution in [3.8, 4) is 5.75 Å². The first-order valence-corrected chi connectivity index (χ1v) is 9.90. The van der Waals surface area contributed by atoms with E-state index in [9.17, 15) is 14.7 Å². The zero-order chi connectivity index (χ0) is 22.1. The number of benzene rings is 1. The number of carbonyl (C=O) groups excluding carboxylic acids is 2. The van der Waals surface area contributed by atoms with E-state index in [0.29, 0.717) is 29.7 Å². The van der Waals surface area contributed by atoms with Crippen molar-refractivity contribution in [2.75, 3.05) is 18.4 Å². The number of rotatable bonds is 6. The predicted octanol–water partition coefficient (Wildman–Crippen LogP) is 3.07. The number of phenolic OH excluding ortho intramolecular Hbond substituents is 1. The highest BCUT2D eigenvalue weighted by molar-refractivity contribution is 6.31. The van der Waals surface area contributed by atoms with Gasteiger partial charge in [0, 0.05) is 24.2 Å². The molecule has 0 spiro atoms. The van der Waals surface area contributed by atoms with E-state index in [1.807, 2.05) is 20.8 Å². The second kappa shape index (κ2) is 8.39. The van der Waals surface area contributed by atoms with E-state index < -0.39 is 5.91 Å². The van der Waals surface area contributed by atoms with Crippen molar-refractivity contribution in [1.29, 1.82) is 0 Å². The molecular weight excluding hydrogens is 408 g/mol. The molecule has 160 valence electrons. The summed E-state index contributed by atoms with van der Waals surface area (Å²) in [4.78, 5) is 29.4. The summed E-state index contributed by atoms with van der Waals surface area (Å²) < 4.78 is 5.50. The average Bonchev–Trinajstić information content (AvgIpc) is 3.11. The number of nitrogens with one attached hydrogen (secondary N) is 2. The number of hydrogen-bond donors (Lipinski definition) is 3. The van der Waals surface area contributed by atoms with Crippen LogP contribution in [0.1, 0.15) is 42.8 Å². The SMILES string of the molecule is C=CC(=O)N1CC(NC(=O)c2cnc(CNc3cc(C(C)(C)C)c(Cl)cc3O)o2)C1. The Balaban J connectivity index is 1.58. The fourth-order valence-corrected chi connectivity index (χ4v) is 3.52. The number of oxazole rings is 1. The number of aromatic nitrogens is 1. The summed E-state index contributed by atoms with van der Waals surface area (Å²) in [6.45, 7) is 10.6. The summed E-state index contributed by atoms with van der Waals surface area (Å²) in [5.74, 6) is -0.163. The summed E-state index contributed by atoms with van der Waals surface area (Å²) in [5.41, 5.74) is 1.19. The van der Waals surface area contributed by atoms with Gasteiger partial charge in [-0.15, -0.1) is 0 Å². The number of carbonyl (C=O) groups is 2. The van der Waals surface area contributed by atoms with Crippen LogP contribution in [-0.2, 0) is 16.8 Å². The van der Waals surface area contributed by atoms with Gasteiger partial charge in [0.05, 0.1) is 24.5 Å². The van der Waals surface area contributed by atoms with E-state index in [0.717, 1.165) is 5.56 Å². The number of halogens is 1. The normalized spacial score (nSPS) is 14.2. The van der Waals surface area contributed by atoms with Crippen molar-refractivity contribution in [2.45, 2.75) is 38.8 Å². The second-order valence-electron chi connectivity index (χ2n) is 8.19. The lowest BCUT2D eigenvalue weighted by Crippen LogP contribution is -2.60. The molecular formula is C21H25ClN4O4. The highest BCUT2D eigenvalue weighted by Crippen LogP contribution is 2.37. The lowest BCUT2D eigenvalue weighted by molar-refractivity contribution is -0.130.